The lowest BCUT2D eigenvalue weighted by Crippen LogP contribution is -2.27. The molecule has 2 aromatic rings. The summed E-state index contributed by atoms with van der Waals surface area (Å²) in [6, 6.07) is 9.63. The molecule has 16 heavy (non-hydrogen) atoms. The standard InChI is InChI=1S/C13H16N2O/c1-9-7-13(16)15(10(2)8-14)12-6-4-3-5-11(9)12/h3-7,10H,8,14H2,1-2H3. The summed E-state index contributed by atoms with van der Waals surface area (Å²) in [4.78, 5) is 12.0. The summed E-state index contributed by atoms with van der Waals surface area (Å²) < 4.78 is 1.77. The van der Waals surface area contributed by atoms with Gasteiger partial charge in [-0.05, 0) is 25.5 Å². The van der Waals surface area contributed by atoms with Crippen LogP contribution in [0.2, 0.25) is 0 Å². The van der Waals surface area contributed by atoms with Gasteiger partial charge in [0.1, 0.15) is 0 Å². The molecule has 1 unspecified atom stereocenters. The minimum absolute atomic E-state index is 0.0224. The Morgan fingerprint density at radius 3 is 2.75 bits per heavy atom. The second-order valence-electron chi connectivity index (χ2n) is 4.14. The third-order valence-corrected chi connectivity index (χ3v) is 2.95. The van der Waals surface area contributed by atoms with Crippen molar-refractivity contribution in [1.29, 1.82) is 0 Å². The molecule has 0 aliphatic rings. The van der Waals surface area contributed by atoms with Gasteiger partial charge in [0.2, 0.25) is 0 Å². The molecule has 0 spiro atoms. The highest BCUT2D eigenvalue weighted by Crippen LogP contribution is 2.18. The molecule has 3 nitrogen and oxygen atoms in total. The molecule has 0 saturated heterocycles. The maximum atomic E-state index is 12.0. The first kappa shape index (κ1) is 10.9. The lowest BCUT2D eigenvalue weighted by atomic mass is 10.1. The Morgan fingerprint density at radius 1 is 1.38 bits per heavy atom. The predicted octanol–water partition coefficient (Wildman–Crippen LogP) is 1.83. The highest BCUT2D eigenvalue weighted by molar-refractivity contribution is 5.82. The van der Waals surface area contributed by atoms with E-state index in [0.29, 0.717) is 6.54 Å². The topological polar surface area (TPSA) is 48.0 Å². The molecule has 0 aliphatic heterocycles. The zero-order valence-electron chi connectivity index (χ0n) is 9.60. The molecule has 1 aromatic carbocycles. The fourth-order valence-corrected chi connectivity index (χ4v) is 2.03. The van der Waals surface area contributed by atoms with E-state index in [-0.39, 0.29) is 11.6 Å². The Bertz CT molecular complexity index is 572. The van der Waals surface area contributed by atoms with E-state index in [0.717, 1.165) is 16.5 Å². The van der Waals surface area contributed by atoms with Gasteiger partial charge in [-0.3, -0.25) is 4.79 Å². The van der Waals surface area contributed by atoms with Crippen molar-refractivity contribution in [2.75, 3.05) is 6.54 Å². The van der Waals surface area contributed by atoms with E-state index in [4.69, 9.17) is 5.73 Å². The number of para-hydroxylation sites is 1. The van der Waals surface area contributed by atoms with Gasteiger partial charge < -0.3 is 10.3 Å². The molecular formula is C13H16N2O. The van der Waals surface area contributed by atoms with Crippen LogP contribution in [0, 0.1) is 6.92 Å². The molecule has 1 atom stereocenters. The lowest BCUT2D eigenvalue weighted by Gasteiger charge is -2.17. The monoisotopic (exact) mass is 216 g/mol. The zero-order valence-corrected chi connectivity index (χ0v) is 9.60. The van der Waals surface area contributed by atoms with Gasteiger partial charge in [-0.1, -0.05) is 18.2 Å². The Hall–Kier alpha value is -1.61. The molecule has 3 heteroatoms. The van der Waals surface area contributed by atoms with Crippen LogP contribution < -0.4 is 11.3 Å². The van der Waals surface area contributed by atoms with E-state index in [9.17, 15) is 4.79 Å². The first-order valence-electron chi connectivity index (χ1n) is 5.46. The van der Waals surface area contributed by atoms with Crippen LogP contribution in [0.5, 0.6) is 0 Å². The van der Waals surface area contributed by atoms with Crippen molar-refractivity contribution in [2.45, 2.75) is 19.9 Å². The predicted molar refractivity (Wildman–Crippen MR) is 66.7 cm³/mol. The quantitative estimate of drug-likeness (QED) is 0.832. The number of fused-ring (bicyclic) bond motifs is 1. The Balaban J connectivity index is 2.87. The molecule has 0 radical (unpaired) electrons. The first-order valence-corrected chi connectivity index (χ1v) is 5.46. The number of aromatic nitrogens is 1. The van der Waals surface area contributed by atoms with Crippen molar-refractivity contribution in [3.63, 3.8) is 0 Å². The van der Waals surface area contributed by atoms with Crippen LogP contribution in [-0.2, 0) is 0 Å². The fraction of sp³-hybridized carbons (Fsp3) is 0.308. The Kier molecular flexibility index (Phi) is 2.79. The smallest absolute Gasteiger partial charge is 0.251 e. The summed E-state index contributed by atoms with van der Waals surface area (Å²) in [5.41, 5.74) is 7.64. The van der Waals surface area contributed by atoms with E-state index in [1.54, 1.807) is 10.6 Å². The molecule has 0 aliphatic carbocycles. The molecule has 0 fully saturated rings. The molecule has 0 amide bonds. The SMILES string of the molecule is Cc1cc(=O)n(C(C)CN)c2ccccc12. The number of nitrogens with two attached hydrogens (primary N) is 1. The molecule has 1 aromatic heterocycles. The summed E-state index contributed by atoms with van der Waals surface area (Å²) in [6.07, 6.45) is 0. The third-order valence-electron chi connectivity index (χ3n) is 2.95. The molecule has 1 heterocycles. The van der Waals surface area contributed by atoms with Crippen LogP contribution in [0.3, 0.4) is 0 Å². The number of pyridine rings is 1. The van der Waals surface area contributed by atoms with Crippen LogP contribution in [-0.4, -0.2) is 11.1 Å². The zero-order chi connectivity index (χ0) is 11.7. The van der Waals surface area contributed by atoms with Crippen molar-refractivity contribution in [3.8, 4) is 0 Å². The average molecular weight is 216 g/mol. The van der Waals surface area contributed by atoms with E-state index < -0.39 is 0 Å². The van der Waals surface area contributed by atoms with Crippen molar-refractivity contribution >= 4 is 10.9 Å². The lowest BCUT2D eigenvalue weighted by molar-refractivity contribution is 0.558. The minimum Gasteiger partial charge on any atom is -0.328 e. The van der Waals surface area contributed by atoms with Crippen molar-refractivity contribution in [3.05, 3.63) is 46.2 Å². The molecule has 0 bridgehead atoms. The van der Waals surface area contributed by atoms with Gasteiger partial charge in [0.05, 0.1) is 5.52 Å². The molecular weight excluding hydrogens is 200 g/mol. The number of rotatable bonds is 2. The van der Waals surface area contributed by atoms with Crippen LogP contribution in [0.15, 0.2) is 35.1 Å². The molecule has 0 saturated carbocycles. The van der Waals surface area contributed by atoms with E-state index in [2.05, 4.69) is 0 Å². The van der Waals surface area contributed by atoms with Crippen molar-refractivity contribution in [2.24, 2.45) is 5.73 Å². The second-order valence-corrected chi connectivity index (χ2v) is 4.14. The number of aryl methyl sites for hydroxylation is 1. The van der Waals surface area contributed by atoms with Gasteiger partial charge in [0, 0.05) is 24.0 Å². The summed E-state index contributed by atoms with van der Waals surface area (Å²) >= 11 is 0. The van der Waals surface area contributed by atoms with E-state index >= 15 is 0 Å². The number of benzene rings is 1. The summed E-state index contributed by atoms with van der Waals surface area (Å²) in [5.74, 6) is 0. The normalized spacial score (nSPS) is 12.9. The van der Waals surface area contributed by atoms with Gasteiger partial charge in [-0.2, -0.15) is 0 Å². The summed E-state index contributed by atoms with van der Waals surface area (Å²) in [6.45, 7) is 4.39. The molecule has 84 valence electrons. The average Bonchev–Trinajstić information content (AvgIpc) is 2.28. The molecule has 2 rings (SSSR count). The summed E-state index contributed by atoms with van der Waals surface area (Å²) in [7, 11) is 0. The highest BCUT2D eigenvalue weighted by Gasteiger charge is 2.10. The highest BCUT2D eigenvalue weighted by atomic mass is 16.1. The van der Waals surface area contributed by atoms with Crippen LogP contribution in [0.4, 0.5) is 0 Å². The summed E-state index contributed by atoms with van der Waals surface area (Å²) in [5, 5.41) is 1.11. The number of hydrogen-bond acceptors (Lipinski definition) is 2. The van der Waals surface area contributed by atoms with Crippen molar-refractivity contribution in [1.82, 2.24) is 4.57 Å². The van der Waals surface area contributed by atoms with Crippen LogP contribution >= 0.6 is 0 Å². The van der Waals surface area contributed by atoms with Gasteiger partial charge >= 0.3 is 0 Å². The largest absolute Gasteiger partial charge is 0.328 e. The van der Waals surface area contributed by atoms with E-state index in [1.807, 2.05) is 38.1 Å². The van der Waals surface area contributed by atoms with Crippen LogP contribution in [0.25, 0.3) is 10.9 Å². The van der Waals surface area contributed by atoms with Gasteiger partial charge in [-0.25, -0.2) is 0 Å². The van der Waals surface area contributed by atoms with Crippen LogP contribution in [0.1, 0.15) is 18.5 Å². The Morgan fingerprint density at radius 2 is 2.06 bits per heavy atom. The maximum absolute atomic E-state index is 12.0. The minimum atomic E-state index is 0.0224. The van der Waals surface area contributed by atoms with Gasteiger partial charge in [0.15, 0.2) is 0 Å². The number of nitrogens with zero attached hydrogens (tertiary/aromatic N) is 1. The fourth-order valence-electron chi connectivity index (χ4n) is 2.03. The third kappa shape index (κ3) is 1.63. The molecule has 2 N–H and O–H groups in total. The van der Waals surface area contributed by atoms with Gasteiger partial charge in [0.25, 0.3) is 5.56 Å². The number of hydrogen-bond donors (Lipinski definition) is 1. The Labute approximate surface area is 94.5 Å². The van der Waals surface area contributed by atoms with Crippen molar-refractivity contribution < 1.29 is 0 Å². The van der Waals surface area contributed by atoms with E-state index in [1.165, 1.54) is 0 Å². The maximum Gasteiger partial charge on any atom is 0.251 e. The van der Waals surface area contributed by atoms with Gasteiger partial charge in [-0.15, -0.1) is 0 Å². The first-order chi connectivity index (χ1) is 7.65. The second kappa shape index (κ2) is 4.10.